The van der Waals surface area contributed by atoms with Crippen molar-refractivity contribution in [2.24, 2.45) is 5.92 Å². The van der Waals surface area contributed by atoms with Gasteiger partial charge in [0.15, 0.2) is 11.5 Å². The molecule has 1 aromatic rings. The molecule has 8 heteroatoms. The third-order valence-electron chi connectivity index (χ3n) is 4.69. The van der Waals surface area contributed by atoms with Crippen LogP contribution in [0.25, 0.3) is 6.08 Å². The van der Waals surface area contributed by atoms with E-state index in [1.165, 1.54) is 12.1 Å². The number of piperazine rings is 1. The van der Waals surface area contributed by atoms with Gasteiger partial charge in [0.25, 0.3) is 0 Å². The van der Waals surface area contributed by atoms with Crippen LogP contribution in [0.15, 0.2) is 24.3 Å². The Bertz CT molecular complexity index is 754. The second-order valence-corrected chi connectivity index (χ2v) is 7.03. The minimum Gasteiger partial charge on any atom is -0.490 e. The van der Waals surface area contributed by atoms with Crippen LogP contribution in [0, 0.1) is 17.2 Å². The topological polar surface area (TPSA) is 65.8 Å². The Morgan fingerprint density at radius 3 is 2.48 bits per heavy atom. The first-order chi connectivity index (χ1) is 13.8. The molecule has 0 aliphatic carbocycles. The Balaban J connectivity index is 1.99. The molecule has 0 bridgehead atoms. The maximum absolute atomic E-state index is 12.5. The Morgan fingerprint density at radius 2 is 1.93 bits per heavy atom. The van der Waals surface area contributed by atoms with E-state index < -0.39 is 6.61 Å². The summed E-state index contributed by atoms with van der Waals surface area (Å²) >= 11 is 0. The molecule has 0 aromatic heterocycles. The van der Waals surface area contributed by atoms with Crippen LogP contribution in [-0.4, -0.2) is 61.1 Å². The molecular weight excluding hydrogens is 380 g/mol. The second-order valence-electron chi connectivity index (χ2n) is 7.03. The number of carbonyl (C=O) groups is 1. The van der Waals surface area contributed by atoms with Crippen molar-refractivity contribution in [1.82, 2.24) is 9.80 Å². The number of hydrogen-bond donors (Lipinski definition) is 0. The van der Waals surface area contributed by atoms with Crippen molar-refractivity contribution < 1.29 is 23.0 Å². The van der Waals surface area contributed by atoms with Crippen LogP contribution in [0.2, 0.25) is 0 Å². The standard InChI is InChI=1S/C21H27F2N3O3/c1-4-28-19-13-16(5-7-18(19)29-21(22)23)6-8-20(27)26-11-9-25(10-12-26)17(14-24)15(2)3/h5-8,13,15,17,21H,4,9-12H2,1-3H3/b8-6+. The molecular formula is C21H27F2N3O3. The summed E-state index contributed by atoms with van der Waals surface area (Å²) in [5, 5.41) is 9.32. The third-order valence-corrected chi connectivity index (χ3v) is 4.69. The fraction of sp³-hybridized carbons (Fsp3) is 0.524. The van der Waals surface area contributed by atoms with E-state index in [0.29, 0.717) is 38.3 Å². The number of nitrogens with zero attached hydrogens (tertiary/aromatic N) is 3. The first kappa shape index (κ1) is 22.6. The number of carbonyl (C=O) groups excluding carboxylic acids is 1. The largest absolute Gasteiger partial charge is 0.490 e. The van der Waals surface area contributed by atoms with E-state index >= 15 is 0 Å². The van der Waals surface area contributed by atoms with Crippen LogP contribution in [0.3, 0.4) is 0 Å². The summed E-state index contributed by atoms with van der Waals surface area (Å²) in [6.45, 7) is 5.56. The number of amides is 1. The Hall–Kier alpha value is -2.66. The highest BCUT2D eigenvalue weighted by Gasteiger charge is 2.27. The van der Waals surface area contributed by atoms with Crippen LogP contribution >= 0.6 is 0 Å². The van der Waals surface area contributed by atoms with Crippen molar-refractivity contribution in [2.45, 2.75) is 33.4 Å². The molecule has 1 aliphatic rings. The van der Waals surface area contributed by atoms with Gasteiger partial charge in [0, 0.05) is 32.3 Å². The zero-order valence-electron chi connectivity index (χ0n) is 17.0. The minimum atomic E-state index is -2.94. The van der Waals surface area contributed by atoms with Gasteiger partial charge in [-0.1, -0.05) is 19.9 Å². The number of rotatable bonds is 8. The van der Waals surface area contributed by atoms with Crippen LogP contribution in [0.1, 0.15) is 26.3 Å². The molecule has 1 aromatic carbocycles. The smallest absolute Gasteiger partial charge is 0.387 e. The molecule has 1 aliphatic heterocycles. The maximum Gasteiger partial charge on any atom is 0.387 e. The highest BCUT2D eigenvalue weighted by atomic mass is 19.3. The van der Waals surface area contributed by atoms with Gasteiger partial charge in [-0.25, -0.2) is 0 Å². The van der Waals surface area contributed by atoms with E-state index in [1.807, 2.05) is 13.8 Å². The molecule has 1 fully saturated rings. The van der Waals surface area contributed by atoms with E-state index in [-0.39, 0.29) is 29.4 Å². The molecule has 0 saturated carbocycles. The van der Waals surface area contributed by atoms with Gasteiger partial charge in [0.2, 0.25) is 5.91 Å². The molecule has 1 atom stereocenters. The second kappa shape index (κ2) is 10.8. The van der Waals surface area contributed by atoms with Crippen molar-refractivity contribution in [3.05, 3.63) is 29.8 Å². The monoisotopic (exact) mass is 407 g/mol. The fourth-order valence-corrected chi connectivity index (χ4v) is 3.24. The van der Waals surface area contributed by atoms with Gasteiger partial charge in [-0.3, -0.25) is 9.69 Å². The molecule has 1 amide bonds. The quantitative estimate of drug-likeness (QED) is 0.618. The zero-order valence-corrected chi connectivity index (χ0v) is 17.0. The summed E-state index contributed by atoms with van der Waals surface area (Å²) in [6, 6.07) is 6.73. The fourth-order valence-electron chi connectivity index (χ4n) is 3.24. The minimum absolute atomic E-state index is 0.0429. The van der Waals surface area contributed by atoms with Crippen molar-refractivity contribution in [3.63, 3.8) is 0 Å². The molecule has 2 rings (SSSR count). The van der Waals surface area contributed by atoms with E-state index in [1.54, 1.807) is 30.0 Å². The molecule has 29 heavy (non-hydrogen) atoms. The molecule has 1 unspecified atom stereocenters. The lowest BCUT2D eigenvalue weighted by Gasteiger charge is -2.37. The maximum atomic E-state index is 12.5. The number of benzene rings is 1. The highest BCUT2D eigenvalue weighted by molar-refractivity contribution is 5.92. The van der Waals surface area contributed by atoms with Gasteiger partial charge in [-0.2, -0.15) is 14.0 Å². The molecule has 0 spiro atoms. The van der Waals surface area contributed by atoms with Crippen molar-refractivity contribution in [1.29, 1.82) is 5.26 Å². The Labute approximate surface area is 170 Å². The van der Waals surface area contributed by atoms with Gasteiger partial charge in [0.05, 0.1) is 12.7 Å². The summed E-state index contributed by atoms with van der Waals surface area (Å²) in [4.78, 5) is 16.3. The molecule has 0 N–H and O–H groups in total. The summed E-state index contributed by atoms with van der Waals surface area (Å²) in [7, 11) is 0. The lowest BCUT2D eigenvalue weighted by atomic mass is 10.0. The predicted molar refractivity (Wildman–Crippen MR) is 106 cm³/mol. The molecule has 1 heterocycles. The SMILES string of the molecule is CCOc1cc(/C=C/C(=O)N2CCN(C(C#N)C(C)C)CC2)ccc1OC(F)F. The number of halogens is 2. The first-order valence-corrected chi connectivity index (χ1v) is 9.68. The van der Waals surface area contributed by atoms with Gasteiger partial charge < -0.3 is 14.4 Å². The van der Waals surface area contributed by atoms with E-state index in [2.05, 4.69) is 15.7 Å². The Kier molecular flexibility index (Phi) is 8.40. The van der Waals surface area contributed by atoms with Crippen LogP contribution in [0.4, 0.5) is 8.78 Å². The molecule has 0 radical (unpaired) electrons. The molecule has 6 nitrogen and oxygen atoms in total. The predicted octanol–water partition coefficient (Wildman–Crippen LogP) is 3.39. The Morgan fingerprint density at radius 1 is 1.24 bits per heavy atom. The number of hydrogen-bond acceptors (Lipinski definition) is 5. The molecule has 158 valence electrons. The normalized spacial score (nSPS) is 16.3. The first-order valence-electron chi connectivity index (χ1n) is 9.68. The van der Waals surface area contributed by atoms with Crippen molar-refractivity contribution in [3.8, 4) is 17.6 Å². The summed E-state index contributed by atoms with van der Waals surface area (Å²) in [6.07, 6.45) is 3.08. The van der Waals surface area contributed by atoms with E-state index in [4.69, 9.17) is 4.74 Å². The van der Waals surface area contributed by atoms with Gasteiger partial charge in [-0.05, 0) is 36.6 Å². The van der Waals surface area contributed by atoms with Crippen molar-refractivity contribution >= 4 is 12.0 Å². The average molecular weight is 407 g/mol. The van der Waals surface area contributed by atoms with Crippen LogP contribution < -0.4 is 9.47 Å². The number of ether oxygens (including phenoxy) is 2. The average Bonchev–Trinajstić information content (AvgIpc) is 2.68. The van der Waals surface area contributed by atoms with Gasteiger partial charge >= 0.3 is 6.61 Å². The number of nitriles is 1. The van der Waals surface area contributed by atoms with Gasteiger partial charge in [0.1, 0.15) is 6.04 Å². The van der Waals surface area contributed by atoms with Gasteiger partial charge in [-0.15, -0.1) is 0 Å². The summed E-state index contributed by atoms with van der Waals surface area (Å²) < 4.78 is 34.8. The lowest BCUT2D eigenvalue weighted by Crippen LogP contribution is -2.52. The zero-order chi connectivity index (χ0) is 21.4. The van der Waals surface area contributed by atoms with Crippen LogP contribution in [-0.2, 0) is 4.79 Å². The third kappa shape index (κ3) is 6.43. The van der Waals surface area contributed by atoms with Crippen molar-refractivity contribution in [2.75, 3.05) is 32.8 Å². The summed E-state index contributed by atoms with van der Waals surface area (Å²) in [5.41, 5.74) is 0.645. The van der Waals surface area contributed by atoms with Crippen LogP contribution in [0.5, 0.6) is 11.5 Å². The number of alkyl halides is 2. The van der Waals surface area contributed by atoms with E-state index in [9.17, 15) is 18.8 Å². The summed E-state index contributed by atoms with van der Waals surface area (Å²) in [5.74, 6) is 0.262. The van der Waals surface area contributed by atoms with E-state index in [0.717, 1.165) is 0 Å². The lowest BCUT2D eigenvalue weighted by molar-refractivity contribution is -0.127. The molecule has 1 saturated heterocycles. The highest BCUT2D eigenvalue weighted by Crippen LogP contribution is 2.30.